The van der Waals surface area contributed by atoms with Crippen LogP contribution >= 0.6 is 12.4 Å². The number of nitrogens with zero attached hydrogens (tertiary/aromatic N) is 4. The summed E-state index contributed by atoms with van der Waals surface area (Å²) in [5.74, 6) is 0. The Hall–Kier alpha value is -1.85. The standard InChI is InChI=1S/C21H31N5O2.ClH/c1-24(2)21(27)26(9-3-4-17-5-7-18(12-22)8-6-17)11-10-25-15-19-13-23-14-20(16-25)28-19;/h5-8,19-20,23H,3-4,9-11,13-16H2,1-2H3;1H. The maximum absolute atomic E-state index is 12.6. The molecular formula is C21H32ClN5O2. The number of urea groups is 1. The molecule has 2 saturated heterocycles. The molecule has 2 aliphatic heterocycles. The average Bonchev–Trinajstić information content (AvgIpc) is 2.70. The Morgan fingerprint density at radius 3 is 2.45 bits per heavy atom. The molecule has 3 rings (SSSR count). The van der Waals surface area contributed by atoms with Gasteiger partial charge in [-0.05, 0) is 30.5 Å². The number of aryl methyl sites for hydroxylation is 1. The number of ether oxygens (including phenoxy) is 1. The number of hydrogen-bond donors (Lipinski definition) is 1. The van der Waals surface area contributed by atoms with E-state index < -0.39 is 0 Å². The number of rotatable bonds is 7. The van der Waals surface area contributed by atoms with Gasteiger partial charge in [0.2, 0.25) is 0 Å². The van der Waals surface area contributed by atoms with E-state index in [1.807, 2.05) is 29.2 Å². The van der Waals surface area contributed by atoms with Crippen molar-refractivity contribution in [3.8, 4) is 6.07 Å². The molecule has 2 aliphatic rings. The first-order chi connectivity index (χ1) is 13.5. The van der Waals surface area contributed by atoms with E-state index in [-0.39, 0.29) is 30.6 Å². The highest BCUT2D eigenvalue weighted by Crippen LogP contribution is 2.14. The van der Waals surface area contributed by atoms with Crippen LogP contribution in [0.4, 0.5) is 4.79 Å². The highest BCUT2D eigenvalue weighted by atomic mass is 35.5. The van der Waals surface area contributed by atoms with E-state index in [1.165, 1.54) is 5.56 Å². The monoisotopic (exact) mass is 421 g/mol. The highest BCUT2D eigenvalue weighted by molar-refractivity contribution is 5.85. The van der Waals surface area contributed by atoms with Crippen LogP contribution in [-0.2, 0) is 11.2 Å². The number of carbonyl (C=O) groups is 1. The molecule has 7 nitrogen and oxygen atoms in total. The third kappa shape index (κ3) is 6.86. The predicted molar refractivity (Wildman–Crippen MR) is 115 cm³/mol. The predicted octanol–water partition coefficient (Wildman–Crippen LogP) is 1.57. The number of hydrogen-bond acceptors (Lipinski definition) is 5. The van der Waals surface area contributed by atoms with Crippen LogP contribution < -0.4 is 5.32 Å². The zero-order valence-corrected chi connectivity index (χ0v) is 18.2. The van der Waals surface area contributed by atoms with Crippen LogP contribution in [0.25, 0.3) is 0 Å². The fourth-order valence-corrected chi connectivity index (χ4v) is 3.89. The van der Waals surface area contributed by atoms with Gasteiger partial charge >= 0.3 is 6.03 Å². The molecule has 2 fully saturated rings. The minimum Gasteiger partial charge on any atom is -0.370 e. The minimum absolute atomic E-state index is 0. The highest BCUT2D eigenvalue weighted by Gasteiger charge is 2.31. The van der Waals surface area contributed by atoms with Gasteiger partial charge in [-0.15, -0.1) is 12.4 Å². The minimum atomic E-state index is 0. The molecule has 2 bridgehead atoms. The molecule has 160 valence electrons. The first kappa shape index (κ1) is 23.4. The maximum Gasteiger partial charge on any atom is 0.319 e. The zero-order chi connectivity index (χ0) is 19.9. The van der Waals surface area contributed by atoms with E-state index in [1.54, 1.807) is 19.0 Å². The molecule has 2 amide bonds. The molecule has 8 heteroatoms. The van der Waals surface area contributed by atoms with Crippen molar-refractivity contribution in [1.82, 2.24) is 20.0 Å². The molecule has 1 aromatic rings. The molecular weight excluding hydrogens is 390 g/mol. The molecule has 29 heavy (non-hydrogen) atoms. The van der Waals surface area contributed by atoms with Crippen molar-refractivity contribution in [2.45, 2.75) is 25.0 Å². The second-order valence-electron chi connectivity index (χ2n) is 7.87. The first-order valence-electron chi connectivity index (χ1n) is 10.1. The summed E-state index contributed by atoms with van der Waals surface area (Å²) in [5.41, 5.74) is 1.88. The normalized spacial score (nSPS) is 21.0. The van der Waals surface area contributed by atoms with Gasteiger partial charge in [-0.1, -0.05) is 12.1 Å². The average molecular weight is 422 g/mol. The summed E-state index contributed by atoms with van der Waals surface area (Å²) in [6, 6.07) is 9.90. The number of halogens is 1. The SMILES string of the molecule is CN(C)C(=O)N(CCCc1ccc(C#N)cc1)CCN1CC2CNCC(C1)O2.Cl. The van der Waals surface area contributed by atoms with Crippen LogP contribution in [0, 0.1) is 11.3 Å². The summed E-state index contributed by atoms with van der Waals surface area (Å²) < 4.78 is 5.96. The number of nitriles is 1. The van der Waals surface area contributed by atoms with Crippen LogP contribution in [0.2, 0.25) is 0 Å². The number of fused-ring (bicyclic) bond motifs is 2. The van der Waals surface area contributed by atoms with E-state index >= 15 is 0 Å². The quantitative estimate of drug-likeness (QED) is 0.723. The van der Waals surface area contributed by atoms with Gasteiger partial charge in [0.1, 0.15) is 0 Å². The van der Waals surface area contributed by atoms with Crippen LogP contribution in [0.5, 0.6) is 0 Å². The van der Waals surface area contributed by atoms with E-state index in [0.29, 0.717) is 5.56 Å². The fourth-order valence-electron chi connectivity index (χ4n) is 3.89. The lowest BCUT2D eigenvalue weighted by molar-refractivity contribution is -0.103. The number of morpholine rings is 2. The summed E-state index contributed by atoms with van der Waals surface area (Å²) in [7, 11) is 3.61. The largest absolute Gasteiger partial charge is 0.370 e. The Labute approximate surface area is 180 Å². The Balaban J connectivity index is 0.00000300. The van der Waals surface area contributed by atoms with E-state index in [2.05, 4.69) is 16.3 Å². The summed E-state index contributed by atoms with van der Waals surface area (Å²) in [6.07, 6.45) is 2.34. The van der Waals surface area contributed by atoms with Gasteiger partial charge in [-0.2, -0.15) is 5.26 Å². The smallest absolute Gasteiger partial charge is 0.319 e. The molecule has 0 radical (unpaired) electrons. The van der Waals surface area contributed by atoms with Crippen molar-refractivity contribution in [3.63, 3.8) is 0 Å². The molecule has 2 atom stereocenters. The Morgan fingerprint density at radius 2 is 1.86 bits per heavy atom. The lowest BCUT2D eigenvalue weighted by Crippen LogP contribution is -2.59. The molecule has 0 saturated carbocycles. The second-order valence-corrected chi connectivity index (χ2v) is 7.87. The molecule has 2 unspecified atom stereocenters. The van der Waals surface area contributed by atoms with E-state index in [9.17, 15) is 4.79 Å². The van der Waals surface area contributed by atoms with Crippen molar-refractivity contribution in [3.05, 3.63) is 35.4 Å². The molecule has 2 heterocycles. The molecule has 0 spiro atoms. The van der Waals surface area contributed by atoms with Gasteiger partial charge in [-0.3, -0.25) is 4.90 Å². The van der Waals surface area contributed by atoms with Gasteiger partial charge in [0.05, 0.1) is 23.8 Å². The molecule has 1 N–H and O–H groups in total. The van der Waals surface area contributed by atoms with Crippen LogP contribution in [0.1, 0.15) is 17.5 Å². The van der Waals surface area contributed by atoms with Crippen LogP contribution in [0.3, 0.4) is 0 Å². The lowest BCUT2D eigenvalue weighted by atomic mass is 10.1. The number of carbonyl (C=O) groups excluding carboxylic acids is 1. The summed E-state index contributed by atoms with van der Waals surface area (Å²) in [4.78, 5) is 18.6. The Kier molecular flexibility index (Phi) is 9.18. The van der Waals surface area contributed by atoms with Gasteiger partial charge in [0.25, 0.3) is 0 Å². The second kappa shape index (κ2) is 11.4. The number of amides is 2. The van der Waals surface area contributed by atoms with Gasteiger partial charge < -0.3 is 19.9 Å². The van der Waals surface area contributed by atoms with Gasteiger partial charge in [-0.25, -0.2) is 4.79 Å². The topological polar surface area (TPSA) is 71.8 Å². The lowest BCUT2D eigenvalue weighted by Gasteiger charge is -2.42. The van der Waals surface area contributed by atoms with Crippen molar-refractivity contribution < 1.29 is 9.53 Å². The third-order valence-corrected chi connectivity index (χ3v) is 5.37. The Morgan fingerprint density at radius 1 is 1.21 bits per heavy atom. The van der Waals surface area contributed by atoms with Crippen molar-refractivity contribution in [2.24, 2.45) is 0 Å². The van der Waals surface area contributed by atoms with Crippen molar-refractivity contribution >= 4 is 18.4 Å². The zero-order valence-electron chi connectivity index (χ0n) is 17.3. The van der Waals surface area contributed by atoms with Crippen LogP contribution in [-0.4, -0.2) is 92.8 Å². The van der Waals surface area contributed by atoms with Crippen molar-refractivity contribution in [1.29, 1.82) is 5.26 Å². The summed E-state index contributed by atoms with van der Waals surface area (Å²) >= 11 is 0. The fraction of sp³-hybridized carbons (Fsp3) is 0.619. The molecule has 0 aromatic heterocycles. The number of nitrogens with one attached hydrogen (secondary N) is 1. The Bertz CT molecular complexity index is 679. The summed E-state index contributed by atoms with van der Waals surface area (Å²) in [6.45, 7) is 6.03. The maximum atomic E-state index is 12.6. The van der Waals surface area contributed by atoms with Gasteiger partial charge in [0.15, 0.2) is 0 Å². The van der Waals surface area contributed by atoms with E-state index in [4.69, 9.17) is 10.00 Å². The number of benzene rings is 1. The third-order valence-electron chi connectivity index (χ3n) is 5.37. The molecule has 1 aromatic carbocycles. The molecule has 0 aliphatic carbocycles. The van der Waals surface area contributed by atoms with Gasteiger partial charge in [0, 0.05) is 59.9 Å². The first-order valence-corrected chi connectivity index (χ1v) is 10.1. The van der Waals surface area contributed by atoms with Crippen molar-refractivity contribution in [2.75, 3.05) is 59.9 Å². The summed E-state index contributed by atoms with van der Waals surface area (Å²) in [5, 5.41) is 12.3. The van der Waals surface area contributed by atoms with Crippen LogP contribution in [0.15, 0.2) is 24.3 Å². The van der Waals surface area contributed by atoms with E-state index in [0.717, 1.165) is 58.7 Å².